The standard InChI is InChI=1S/C9H13N3O5S/c1-5-6(8(13)14)7(11-10-5)18(16,17)12-3-9(2,15)4-12/h15H,3-4H2,1-2H3,(H,10,11)(H,13,14). The van der Waals surface area contributed by atoms with E-state index in [0.29, 0.717) is 0 Å². The van der Waals surface area contributed by atoms with Crippen molar-refractivity contribution in [1.29, 1.82) is 0 Å². The molecule has 1 aromatic rings. The summed E-state index contributed by atoms with van der Waals surface area (Å²) in [6.45, 7) is 2.80. The van der Waals surface area contributed by atoms with Gasteiger partial charge in [0.1, 0.15) is 5.56 Å². The molecule has 1 aliphatic rings. The summed E-state index contributed by atoms with van der Waals surface area (Å²) in [5.41, 5.74) is -1.25. The lowest BCUT2D eigenvalue weighted by molar-refractivity contribution is -0.0427. The van der Waals surface area contributed by atoms with E-state index in [-0.39, 0.29) is 24.3 Å². The van der Waals surface area contributed by atoms with Crippen LogP contribution >= 0.6 is 0 Å². The molecule has 0 unspecified atom stereocenters. The molecule has 0 atom stereocenters. The van der Waals surface area contributed by atoms with Crippen LogP contribution in [0, 0.1) is 6.92 Å². The van der Waals surface area contributed by atoms with E-state index < -0.39 is 26.6 Å². The third kappa shape index (κ3) is 1.89. The summed E-state index contributed by atoms with van der Waals surface area (Å²) in [4.78, 5) is 11.0. The number of hydrogen-bond acceptors (Lipinski definition) is 5. The number of carbonyl (C=O) groups is 1. The summed E-state index contributed by atoms with van der Waals surface area (Å²) in [6, 6.07) is 0. The number of sulfonamides is 1. The number of aromatic amines is 1. The summed E-state index contributed by atoms with van der Waals surface area (Å²) in [5.74, 6) is -1.35. The Balaban J connectivity index is 2.41. The lowest BCUT2D eigenvalue weighted by atomic mass is 10.0. The molecule has 1 saturated heterocycles. The van der Waals surface area contributed by atoms with Crippen LogP contribution in [0.3, 0.4) is 0 Å². The SMILES string of the molecule is Cc1[nH]nc(S(=O)(=O)N2CC(C)(O)C2)c1C(=O)O. The Bertz CT molecular complexity index is 596. The van der Waals surface area contributed by atoms with E-state index in [4.69, 9.17) is 5.11 Å². The lowest BCUT2D eigenvalue weighted by Crippen LogP contribution is -2.61. The minimum Gasteiger partial charge on any atom is -0.478 e. The van der Waals surface area contributed by atoms with E-state index in [1.165, 1.54) is 13.8 Å². The first-order valence-electron chi connectivity index (χ1n) is 5.16. The van der Waals surface area contributed by atoms with E-state index >= 15 is 0 Å². The van der Waals surface area contributed by atoms with Crippen LogP contribution in [0.15, 0.2) is 5.03 Å². The Hall–Kier alpha value is -1.45. The van der Waals surface area contributed by atoms with Gasteiger partial charge in [-0.15, -0.1) is 0 Å². The number of aromatic nitrogens is 2. The summed E-state index contributed by atoms with van der Waals surface area (Å²) < 4.78 is 25.2. The second-order valence-electron chi connectivity index (χ2n) is 4.60. The van der Waals surface area contributed by atoms with Gasteiger partial charge in [-0.3, -0.25) is 5.10 Å². The van der Waals surface area contributed by atoms with Gasteiger partial charge in [-0.05, 0) is 13.8 Å². The lowest BCUT2D eigenvalue weighted by Gasteiger charge is -2.42. The van der Waals surface area contributed by atoms with E-state index in [2.05, 4.69) is 10.2 Å². The van der Waals surface area contributed by atoms with Crippen molar-refractivity contribution in [1.82, 2.24) is 14.5 Å². The second kappa shape index (κ2) is 3.77. The van der Waals surface area contributed by atoms with Gasteiger partial charge < -0.3 is 10.2 Å². The number of carboxylic acid groups (broad SMARTS) is 1. The zero-order chi connectivity index (χ0) is 13.7. The van der Waals surface area contributed by atoms with Gasteiger partial charge >= 0.3 is 5.97 Å². The molecule has 0 amide bonds. The Kier molecular flexibility index (Phi) is 2.72. The number of nitrogens with zero attached hydrogens (tertiary/aromatic N) is 2. The van der Waals surface area contributed by atoms with Crippen molar-refractivity contribution >= 4 is 16.0 Å². The highest BCUT2D eigenvalue weighted by atomic mass is 32.2. The molecule has 2 rings (SSSR count). The number of hydrogen-bond donors (Lipinski definition) is 3. The molecule has 0 radical (unpaired) electrons. The molecule has 0 aliphatic carbocycles. The predicted molar refractivity (Wildman–Crippen MR) is 59.7 cm³/mol. The first kappa shape index (κ1) is 13.0. The summed E-state index contributed by atoms with van der Waals surface area (Å²) >= 11 is 0. The monoisotopic (exact) mass is 275 g/mol. The van der Waals surface area contributed by atoms with E-state index in [1.54, 1.807) is 0 Å². The fourth-order valence-corrected chi connectivity index (χ4v) is 3.65. The zero-order valence-electron chi connectivity index (χ0n) is 9.84. The Morgan fingerprint density at radius 3 is 2.50 bits per heavy atom. The van der Waals surface area contributed by atoms with Crippen LogP contribution in [0.2, 0.25) is 0 Å². The predicted octanol–water partition coefficient (Wildman–Crippen LogP) is -0.828. The summed E-state index contributed by atoms with van der Waals surface area (Å²) in [5, 5.41) is 23.9. The maximum Gasteiger partial charge on any atom is 0.340 e. The highest BCUT2D eigenvalue weighted by molar-refractivity contribution is 7.89. The average Bonchev–Trinajstić information content (AvgIpc) is 2.57. The van der Waals surface area contributed by atoms with Gasteiger partial charge in [-0.25, -0.2) is 13.2 Å². The first-order chi connectivity index (χ1) is 8.15. The smallest absolute Gasteiger partial charge is 0.340 e. The van der Waals surface area contributed by atoms with Gasteiger partial charge in [0.2, 0.25) is 5.03 Å². The molecule has 3 N–H and O–H groups in total. The normalized spacial score (nSPS) is 19.5. The highest BCUT2D eigenvalue weighted by Crippen LogP contribution is 2.28. The summed E-state index contributed by atoms with van der Waals surface area (Å²) in [7, 11) is -3.98. The molecule has 1 aromatic heterocycles. The number of β-amino-alcohol motifs (C(OH)–C–C–N with tert-alkyl or cyclic N) is 1. The second-order valence-corrected chi connectivity index (χ2v) is 6.46. The Labute approximate surface area is 103 Å². The minimum absolute atomic E-state index is 0.0691. The number of rotatable bonds is 3. The molecule has 1 fully saturated rings. The third-order valence-electron chi connectivity index (χ3n) is 2.75. The van der Waals surface area contributed by atoms with Gasteiger partial charge in [-0.2, -0.15) is 9.40 Å². The fourth-order valence-electron chi connectivity index (χ4n) is 1.85. The maximum atomic E-state index is 12.1. The van der Waals surface area contributed by atoms with E-state index in [1.807, 2.05) is 0 Å². The van der Waals surface area contributed by atoms with Crippen LogP contribution in [0.5, 0.6) is 0 Å². The van der Waals surface area contributed by atoms with Gasteiger partial charge in [0, 0.05) is 18.8 Å². The van der Waals surface area contributed by atoms with Crippen LogP contribution in [0.4, 0.5) is 0 Å². The van der Waals surface area contributed by atoms with Crippen molar-refractivity contribution in [3.63, 3.8) is 0 Å². The molecule has 2 heterocycles. The van der Waals surface area contributed by atoms with Crippen molar-refractivity contribution in [3.8, 4) is 0 Å². The van der Waals surface area contributed by atoms with Crippen LogP contribution in [-0.2, 0) is 10.0 Å². The molecular weight excluding hydrogens is 262 g/mol. The number of aliphatic hydroxyl groups is 1. The fraction of sp³-hybridized carbons (Fsp3) is 0.556. The van der Waals surface area contributed by atoms with Crippen LogP contribution in [0.25, 0.3) is 0 Å². The van der Waals surface area contributed by atoms with Crippen molar-refractivity contribution in [3.05, 3.63) is 11.3 Å². The molecule has 0 bridgehead atoms. The number of aryl methyl sites for hydroxylation is 1. The molecule has 0 saturated carbocycles. The molecule has 0 aromatic carbocycles. The van der Waals surface area contributed by atoms with Crippen LogP contribution in [0.1, 0.15) is 23.0 Å². The molecule has 1 aliphatic heterocycles. The topological polar surface area (TPSA) is 124 Å². The van der Waals surface area contributed by atoms with Crippen molar-refractivity contribution < 1.29 is 23.4 Å². The summed E-state index contributed by atoms with van der Waals surface area (Å²) in [6.07, 6.45) is 0. The Morgan fingerprint density at radius 2 is 2.06 bits per heavy atom. The maximum absolute atomic E-state index is 12.1. The van der Waals surface area contributed by atoms with Gasteiger partial charge in [0.05, 0.1) is 5.60 Å². The van der Waals surface area contributed by atoms with E-state index in [9.17, 15) is 18.3 Å². The van der Waals surface area contributed by atoms with Gasteiger partial charge in [0.25, 0.3) is 10.0 Å². The minimum atomic E-state index is -3.98. The Morgan fingerprint density at radius 1 is 1.50 bits per heavy atom. The zero-order valence-corrected chi connectivity index (χ0v) is 10.7. The molecular formula is C9H13N3O5S. The molecule has 0 spiro atoms. The third-order valence-corrected chi connectivity index (χ3v) is 4.47. The highest BCUT2D eigenvalue weighted by Gasteiger charge is 2.46. The van der Waals surface area contributed by atoms with Crippen molar-refractivity contribution in [2.24, 2.45) is 0 Å². The van der Waals surface area contributed by atoms with Gasteiger partial charge in [0.15, 0.2) is 0 Å². The van der Waals surface area contributed by atoms with Crippen LogP contribution in [-0.4, -0.2) is 57.8 Å². The van der Waals surface area contributed by atoms with Crippen LogP contribution < -0.4 is 0 Å². The number of carboxylic acids is 1. The van der Waals surface area contributed by atoms with E-state index in [0.717, 1.165) is 4.31 Å². The average molecular weight is 275 g/mol. The number of H-pyrrole nitrogens is 1. The number of aromatic carboxylic acids is 1. The van der Waals surface area contributed by atoms with Gasteiger partial charge in [-0.1, -0.05) is 0 Å². The van der Waals surface area contributed by atoms with Crippen molar-refractivity contribution in [2.45, 2.75) is 24.5 Å². The quantitative estimate of drug-likeness (QED) is 0.661. The first-order valence-corrected chi connectivity index (χ1v) is 6.60. The molecule has 100 valence electrons. The van der Waals surface area contributed by atoms with Crippen molar-refractivity contribution in [2.75, 3.05) is 13.1 Å². The molecule has 18 heavy (non-hydrogen) atoms. The molecule has 8 nitrogen and oxygen atoms in total. The largest absolute Gasteiger partial charge is 0.478 e. The molecule has 9 heteroatoms. The number of nitrogens with one attached hydrogen (secondary N) is 1.